The fraction of sp³-hybridized carbons (Fsp3) is 0.794. The predicted octanol–water partition coefficient (Wildman–Crippen LogP) is 9.64. The van der Waals surface area contributed by atoms with Crippen molar-refractivity contribution in [1.29, 1.82) is 0 Å². The lowest BCUT2D eigenvalue weighted by atomic mass is 9.55. The fourth-order valence-electron chi connectivity index (χ4n) is 8.22. The number of phenolic OH excluding ortho intramolecular Hbond substituents is 1. The van der Waals surface area contributed by atoms with Gasteiger partial charge in [-0.2, -0.15) is 0 Å². The Hall–Kier alpha value is -1.51. The number of unbranched alkanes of at least 4 members (excludes halogenated alkanes) is 12. The Labute approximate surface area is 227 Å². The molecule has 1 aromatic carbocycles. The van der Waals surface area contributed by atoms with E-state index in [0.29, 0.717) is 29.9 Å². The highest BCUT2D eigenvalue weighted by Crippen LogP contribution is 2.61. The van der Waals surface area contributed by atoms with Crippen LogP contribution in [-0.4, -0.2) is 17.2 Å². The molecule has 0 spiro atoms. The molecule has 208 valence electrons. The highest BCUT2D eigenvalue weighted by atomic mass is 16.5. The van der Waals surface area contributed by atoms with E-state index >= 15 is 0 Å². The van der Waals surface area contributed by atoms with Crippen LogP contribution in [0.3, 0.4) is 0 Å². The quantitative estimate of drug-likeness (QED) is 0.189. The van der Waals surface area contributed by atoms with Crippen LogP contribution < -0.4 is 0 Å². The summed E-state index contributed by atoms with van der Waals surface area (Å²) in [6.45, 7) is 4.69. The monoisotopic (exact) mass is 510 g/mol. The number of aryl methyl sites for hydroxylation is 1. The maximum atomic E-state index is 12.7. The molecule has 1 aromatic rings. The van der Waals surface area contributed by atoms with Crippen molar-refractivity contribution >= 4 is 5.97 Å². The zero-order chi connectivity index (χ0) is 26.1. The van der Waals surface area contributed by atoms with Crippen molar-refractivity contribution in [2.24, 2.45) is 17.3 Å². The first-order valence-electron chi connectivity index (χ1n) is 16.0. The molecule has 3 aliphatic rings. The van der Waals surface area contributed by atoms with Crippen molar-refractivity contribution in [3.05, 3.63) is 29.3 Å². The highest BCUT2D eigenvalue weighted by Gasteiger charge is 2.56. The molecule has 0 amide bonds. The summed E-state index contributed by atoms with van der Waals surface area (Å²) in [5.41, 5.74) is 2.96. The molecular formula is C34H54O3. The molecule has 0 saturated heterocycles. The van der Waals surface area contributed by atoms with E-state index in [1.165, 1.54) is 101 Å². The van der Waals surface area contributed by atoms with Crippen molar-refractivity contribution in [3.63, 3.8) is 0 Å². The smallest absolute Gasteiger partial charge is 0.306 e. The average Bonchev–Trinajstić information content (AvgIpc) is 3.22. The lowest BCUT2D eigenvalue weighted by Crippen LogP contribution is -2.45. The minimum Gasteiger partial charge on any atom is -0.508 e. The standard InChI is InChI=1S/C34H54O3/c1-3-4-5-6-7-8-9-10-11-12-13-14-15-16-33(36)37-32-22-21-31-30-19-17-26-25-27(35)18-20-28(26)29(30)23-24-34(31,32)2/h18,20,25,29-32,35H,3-17,19,21-24H2,1-2H3. The maximum Gasteiger partial charge on any atom is 0.306 e. The van der Waals surface area contributed by atoms with Gasteiger partial charge in [-0.1, -0.05) is 97.0 Å². The number of rotatable bonds is 15. The minimum absolute atomic E-state index is 0.0431. The molecule has 4 rings (SSSR count). The SMILES string of the molecule is CCCCCCCCCCCCCCCC(=O)OC1CCC2C3CCc4cc(O)ccc4C3CCC12C. The molecule has 37 heavy (non-hydrogen) atoms. The molecule has 5 unspecified atom stereocenters. The molecule has 3 nitrogen and oxygen atoms in total. The number of benzene rings is 1. The van der Waals surface area contributed by atoms with E-state index in [0.717, 1.165) is 32.1 Å². The number of carbonyl (C=O) groups is 1. The van der Waals surface area contributed by atoms with Crippen LogP contribution in [0.15, 0.2) is 18.2 Å². The van der Waals surface area contributed by atoms with Gasteiger partial charge in [0.1, 0.15) is 11.9 Å². The van der Waals surface area contributed by atoms with Crippen LogP contribution in [0.25, 0.3) is 0 Å². The van der Waals surface area contributed by atoms with Crippen molar-refractivity contribution in [3.8, 4) is 5.75 Å². The number of carbonyl (C=O) groups excluding carboxylic acids is 1. The Kier molecular flexibility index (Phi) is 10.8. The van der Waals surface area contributed by atoms with Gasteiger partial charge in [0.05, 0.1) is 0 Å². The summed E-state index contributed by atoms with van der Waals surface area (Å²) < 4.78 is 6.18. The summed E-state index contributed by atoms with van der Waals surface area (Å²) in [4.78, 5) is 12.7. The summed E-state index contributed by atoms with van der Waals surface area (Å²) >= 11 is 0. The van der Waals surface area contributed by atoms with Crippen molar-refractivity contribution in [2.75, 3.05) is 0 Å². The van der Waals surface area contributed by atoms with E-state index in [9.17, 15) is 9.90 Å². The normalized spacial score (nSPS) is 28.4. The first-order chi connectivity index (χ1) is 18.0. The summed E-state index contributed by atoms with van der Waals surface area (Å²) in [5.74, 6) is 2.40. The molecule has 5 atom stereocenters. The third-order valence-electron chi connectivity index (χ3n) is 10.4. The molecule has 3 heteroatoms. The Morgan fingerprint density at radius 2 is 1.54 bits per heavy atom. The molecule has 1 N–H and O–H groups in total. The fourth-order valence-corrected chi connectivity index (χ4v) is 8.22. The summed E-state index contributed by atoms with van der Waals surface area (Å²) in [5, 5.41) is 9.92. The van der Waals surface area contributed by atoms with Crippen LogP contribution in [0.5, 0.6) is 5.75 Å². The lowest BCUT2D eigenvalue weighted by molar-refractivity contribution is -0.157. The Balaban J connectivity index is 1.10. The van der Waals surface area contributed by atoms with Gasteiger partial charge >= 0.3 is 5.97 Å². The maximum absolute atomic E-state index is 12.7. The van der Waals surface area contributed by atoms with Gasteiger partial charge in [0.25, 0.3) is 0 Å². The van der Waals surface area contributed by atoms with Gasteiger partial charge in [0.15, 0.2) is 0 Å². The van der Waals surface area contributed by atoms with Crippen molar-refractivity contribution in [2.45, 2.75) is 154 Å². The van der Waals surface area contributed by atoms with Gasteiger partial charge in [0.2, 0.25) is 0 Å². The second-order valence-corrected chi connectivity index (χ2v) is 12.9. The Morgan fingerprint density at radius 1 is 0.892 bits per heavy atom. The van der Waals surface area contributed by atoms with Crippen LogP contribution >= 0.6 is 0 Å². The largest absolute Gasteiger partial charge is 0.508 e. The lowest BCUT2D eigenvalue weighted by Gasteiger charge is -2.50. The summed E-state index contributed by atoms with van der Waals surface area (Å²) in [6, 6.07) is 6.02. The van der Waals surface area contributed by atoms with E-state index in [-0.39, 0.29) is 17.5 Å². The predicted molar refractivity (Wildman–Crippen MR) is 153 cm³/mol. The van der Waals surface area contributed by atoms with Gasteiger partial charge < -0.3 is 9.84 Å². The highest BCUT2D eigenvalue weighted by molar-refractivity contribution is 5.69. The van der Waals surface area contributed by atoms with Gasteiger partial charge in [-0.05, 0) is 86.0 Å². The molecule has 3 aliphatic carbocycles. The van der Waals surface area contributed by atoms with Crippen LogP contribution in [0.4, 0.5) is 0 Å². The second-order valence-electron chi connectivity index (χ2n) is 12.9. The van der Waals surface area contributed by atoms with E-state index < -0.39 is 0 Å². The number of ether oxygens (including phenoxy) is 1. The Morgan fingerprint density at radius 3 is 2.22 bits per heavy atom. The molecule has 0 heterocycles. The zero-order valence-electron chi connectivity index (χ0n) is 23.9. The summed E-state index contributed by atoms with van der Waals surface area (Å²) in [6.07, 6.45) is 24.8. The molecule has 2 saturated carbocycles. The molecule has 0 aromatic heterocycles. The van der Waals surface area contributed by atoms with E-state index in [2.05, 4.69) is 19.9 Å². The molecule has 0 radical (unpaired) electrons. The minimum atomic E-state index is 0.0431. The molecular weight excluding hydrogens is 456 g/mol. The van der Waals surface area contributed by atoms with E-state index in [1.807, 2.05) is 12.1 Å². The first-order valence-corrected chi connectivity index (χ1v) is 16.0. The average molecular weight is 511 g/mol. The van der Waals surface area contributed by atoms with Crippen LogP contribution in [-0.2, 0) is 16.0 Å². The topological polar surface area (TPSA) is 46.5 Å². The van der Waals surface area contributed by atoms with Crippen LogP contribution in [0.1, 0.15) is 153 Å². The van der Waals surface area contributed by atoms with Crippen LogP contribution in [0.2, 0.25) is 0 Å². The van der Waals surface area contributed by atoms with Crippen molar-refractivity contribution in [1.82, 2.24) is 0 Å². The van der Waals surface area contributed by atoms with Gasteiger partial charge in [-0.3, -0.25) is 4.79 Å². The third-order valence-corrected chi connectivity index (χ3v) is 10.4. The van der Waals surface area contributed by atoms with Gasteiger partial charge in [0, 0.05) is 11.8 Å². The van der Waals surface area contributed by atoms with E-state index in [4.69, 9.17) is 4.74 Å². The second kappa shape index (κ2) is 14.0. The number of fused-ring (bicyclic) bond motifs is 5. The number of hydrogen-bond acceptors (Lipinski definition) is 3. The number of phenols is 1. The molecule has 0 bridgehead atoms. The summed E-state index contributed by atoms with van der Waals surface area (Å²) in [7, 11) is 0. The third kappa shape index (κ3) is 7.33. The number of esters is 1. The first kappa shape index (κ1) is 28.5. The number of hydrogen-bond donors (Lipinski definition) is 1. The number of aromatic hydroxyl groups is 1. The van der Waals surface area contributed by atoms with Crippen molar-refractivity contribution < 1.29 is 14.6 Å². The van der Waals surface area contributed by atoms with Gasteiger partial charge in [-0.15, -0.1) is 0 Å². The van der Waals surface area contributed by atoms with E-state index in [1.54, 1.807) is 0 Å². The zero-order valence-corrected chi connectivity index (χ0v) is 23.9. The Bertz CT molecular complexity index is 847. The molecule has 0 aliphatic heterocycles. The molecule has 2 fully saturated rings. The van der Waals surface area contributed by atoms with Crippen LogP contribution in [0, 0.1) is 17.3 Å². The van der Waals surface area contributed by atoms with Gasteiger partial charge in [-0.25, -0.2) is 0 Å².